The average Bonchev–Trinajstić information content (AvgIpc) is 3.41. The largest absolute Gasteiger partial charge is 0.489 e. The van der Waals surface area contributed by atoms with Gasteiger partial charge in [-0.3, -0.25) is 9.36 Å². The molecule has 0 saturated heterocycles. The van der Waals surface area contributed by atoms with Crippen LogP contribution < -0.4 is 19.6 Å². The minimum Gasteiger partial charge on any atom is -0.489 e. The molecule has 0 aliphatic carbocycles. The molecule has 5 aromatic rings. The molecule has 2 heterocycles. The number of hydrogen-bond acceptors (Lipinski definition) is 8. The summed E-state index contributed by atoms with van der Waals surface area (Å²) in [6.07, 6.45) is 3.84. The maximum atomic E-state index is 14.1. The Hall–Kier alpha value is -5.17. The Morgan fingerprint density at radius 3 is 2.37 bits per heavy atom. The molecule has 0 amide bonds. The Morgan fingerprint density at radius 2 is 1.72 bits per heavy atom. The predicted octanol–water partition coefficient (Wildman–Crippen LogP) is 6.11. The number of aromatic nitrogens is 1. The maximum Gasteiger partial charge on any atom is 0.338 e. The van der Waals surface area contributed by atoms with Crippen LogP contribution in [0.15, 0.2) is 123 Å². The third-order valence-electron chi connectivity index (χ3n) is 7.47. The summed E-state index contributed by atoms with van der Waals surface area (Å²) in [6.45, 7) is 2.33. The Kier molecular flexibility index (Phi) is 9.29. The zero-order chi connectivity index (χ0) is 32.0. The number of esters is 1. The first-order valence-electron chi connectivity index (χ1n) is 14.6. The summed E-state index contributed by atoms with van der Waals surface area (Å²) in [5.41, 5.74) is 4.53. The monoisotopic (exact) mass is 643 g/mol. The van der Waals surface area contributed by atoms with Crippen LogP contribution in [-0.4, -0.2) is 23.4 Å². The highest BCUT2D eigenvalue weighted by molar-refractivity contribution is 7.98. The Morgan fingerprint density at radius 1 is 1.00 bits per heavy atom. The molecule has 0 N–H and O–H groups in total. The van der Waals surface area contributed by atoms with E-state index in [1.54, 1.807) is 35.4 Å². The van der Waals surface area contributed by atoms with Gasteiger partial charge in [-0.25, -0.2) is 9.79 Å². The van der Waals surface area contributed by atoms with Crippen molar-refractivity contribution in [2.24, 2.45) is 4.99 Å². The first-order valence-corrected chi connectivity index (χ1v) is 16.7. The van der Waals surface area contributed by atoms with Crippen molar-refractivity contribution >= 4 is 40.8 Å². The lowest BCUT2D eigenvalue weighted by atomic mass is 9.93. The second kappa shape index (κ2) is 13.9. The van der Waals surface area contributed by atoms with Gasteiger partial charge in [0.15, 0.2) is 4.80 Å². The van der Waals surface area contributed by atoms with Crippen molar-refractivity contribution in [1.29, 1.82) is 5.26 Å². The lowest BCUT2D eigenvalue weighted by Gasteiger charge is -2.26. The predicted molar refractivity (Wildman–Crippen MR) is 181 cm³/mol. The molecule has 0 unspecified atom stereocenters. The van der Waals surface area contributed by atoms with E-state index in [2.05, 4.69) is 6.07 Å². The lowest BCUT2D eigenvalue weighted by Crippen LogP contribution is -2.40. The van der Waals surface area contributed by atoms with Gasteiger partial charge in [-0.05, 0) is 72.3 Å². The molecule has 4 aromatic carbocycles. The number of thioether (sulfide) groups is 1. The molecular weight excluding hydrogens is 615 g/mol. The number of ether oxygens (including phenoxy) is 2. The summed E-state index contributed by atoms with van der Waals surface area (Å²) in [4.78, 5) is 34.2. The van der Waals surface area contributed by atoms with Gasteiger partial charge < -0.3 is 9.47 Å². The SMILES string of the molecule is CCOC(=O)C1=C(c2ccccc2)N=c2s/c(=C\c3ccc(OCc4ccc(C#N)cc4)cc3)c(=O)n2[C@@H]1c1ccc(SC)cc1. The van der Waals surface area contributed by atoms with E-state index in [1.807, 2.05) is 103 Å². The quantitative estimate of drug-likeness (QED) is 0.142. The summed E-state index contributed by atoms with van der Waals surface area (Å²) in [6, 6.07) is 33.6. The fraction of sp³-hybridized carbons (Fsp3) is 0.135. The first kappa shape index (κ1) is 30.8. The smallest absolute Gasteiger partial charge is 0.338 e. The summed E-state index contributed by atoms with van der Waals surface area (Å²) in [7, 11) is 0. The molecule has 9 heteroatoms. The van der Waals surface area contributed by atoms with E-state index in [0.717, 1.165) is 27.1 Å². The molecule has 0 fully saturated rings. The highest BCUT2D eigenvalue weighted by atomic mass is 32.2. The topological polar surface area (TPSA) is 93.7 Å². The number of fused-ring (bicyclic) bond motifs is 1. The molecule has 1 atom stereocenters. The van der Waals surface area contributed by atoms with E-state index in [1.165, 1.54) is 11.3 Å². The third kappa shape index (κ3) is 6.45. The van der Waals surface area contributed by atoms with Crippen LogP contribution >= 0.6 is 23.1 Å². The van der Waals surface area contributed by atoms with E-state index in [9.17, 15) is 9.59 Å². The highest BCUT2D eigenvalue weighted by Gasteiger charge is 2.35. The van der Waals surface area contributed by atoms with Gasteiger partial charge in [-0.1, -0.05) is 78.1 Å². The van der Waals surface area contributed by atoms with Gasteiger partial charge >= 0.3 is 5.97 Å². The summed E-state index contributed by atoms with van der Waals surface area (Å²) in [5.74, 6) is 0.179. The van der Waals surface area contributed by atoms with Crippen LogP contribution in [0.2, 0.25) is 0 Å². The van der Waals surface area contributed by atoms with Crippen LogP contribution in [0.1, 0.15) is 40.8 Å². The van der Waals surface area contributed by atoms with E-state index in [0.29, 0.717) is 38.5 Å². The van der Waals surface area contributed by atoms with Crippen LogP contribution in [0.4, 0.5) is 0 Å². The van der Waals surface area contributed by atoms with Crippen LogP contribution in [0, 0.1) is 11.3 Å². The maximum absolute atomic E-state index is 14.1. The molecule has 1 aliphatic heterocycles. The van der Waals surface area contributed by atoms with Crippen LogP contribution in [0.3, 0.4) is 0 Å². The van der Waals surface area contributed by atoms with E-state index in [-0.39, 0.29) is 12.2 Å². The van der Waals surface area contributed by atoms with Gasteiger partial charge in [0.25, 0.3) is 5.56 Å². The average molecular weight is 644 g/mol. The van der Waals surface area contributed by atoms with Gasteiger partial charge in [0.1, 0.15) is 12.4 Å². The molecule has 1 aliphatic rings. The molecule has 46 heavy (non-hydrogen) atoms. The fourth-order valence-corrected chi connectivity index (χ4v) is 6.61. The van der Waals surface area contributed by atoms with Gasteiger partial charge in [-0.15, -0.1) is 11.8 Å². The third-order valence-corrected chi connectivity index (χ3v) is 9.20. The van der Waals surface area contributed by atoms with Gasteiger partial charge in [-0.2, -0.15) is 5.26 Å². The lowest BCUT2D eigenvalue weighted by molar-refractivity contribution is -0.138. The number of nitriles is 1. The van der Waals surface area contributed by atoms with Gasteiger partial charge in [0.05, 0.1) is 40.1 Å². The van der Waals surface area contributed by atoms with Crippen LogP contribution in [0.5, 0.6) is 5.75 Å². The van der Waals surface area contributed by atoms with Crippen molar-refractivity contribution in [2.45, 2.75) is 24.5 Å². The minimum absolute atomic E-state index is 0.195. The molecule has 0 radical (unpaired) electrons. The zero-order valence-corrected chi connectivity index (χ0v) is 26.8. The molecule has 228 valence electrons. The van der Waals surface area contributed by atoms with Crippen molar-refractivity contribution in [3.8, 4) is 11.8 Å². The molecule has 0 spiro atoms. The number of hydrogen-bond donors (Lipinski definition) is 0. The second-order valence-electron chi connectivity index (χ2n) is 10.4. The van der Waals surface area contributed by atoms with E-state index < -0.39 is 12.0 Å². The van der Waals surface area contributed by atoms with Gasteiger partial charge in [0.2, 0.25) is 0 Å². The van der Waals surface area contributed by atoms with Crippen molar-refractivity contribution in [3.05, 3.63) is 156 Å². The Balaban J connectivity index is 1.41. The highest BCUT2D eigenvalue weighted by Crippen LogP contribution is 2.35. The number of carbonyl (C=O) groups excluding carboxylic acids is 1. The zero-order valence-electron chi connectivity index (χ0n) is 25.2. The molecular formula is C37H29N3O4S2. The van der Waals surface area contributed by atoms with E-state index >= 15 is 0 Å². The number of carbonyl (C=O) groups is 1. The molecule has 0 bridgehead atoms. The normalized spacial score (nSPS) is 14.3. The molecule has 1 aromatic heterocycles. The number of benzene rings is 4. The minimum atomic E-state index is -0.721. The Labute approximate surface area is 274 Å². The first-order chi connectivity index (χ1) is 22.5. The van der Waals surface area contributed by atoms with Crippen molar-refractivity contribution in [3.63, 3.8) is 0 Å². The van der Waals surface area contributed by atoms with Crippen molar-refractivity contribution in [1.82, 2.24) is 4.57 Å². The number of rotatable bonds is 9. The standard InChI is InChI=1S/C37H29N3O4S2/c1-3-43-36(42)32-33(27-7-5-4-6-8-27)39-37-40(34(32)28-15-19-30(45-2)20-16-28)35(41)31(46-37)21-24-13-17-29(18-14-24)44-23-26-11-9-25(22-38)10-12-26/h4-21,34H,3,23H2,1-2H3/b31-21-/t34-/m1/s1. The molecule has 0 saturated carbocycles. The summed E-state index contributed by atoms with van der Waals surface area (Å²) in [5, 5.41) is 9.00. The van der Waals surface area contributed by atoms with E-state index in [4.69, 9.17) is 19.7 Å². The van der Waals surface area contributed by atoms with Gasteiger partial charge in [0, 0.05) is 10.5 Å². The molecule has 7 nitrogen and oxygen atoms in total. The number of thiazole rings is 1. The summed E-state index contributed by atoms with van der Waals surface area (Å²) < 4.78 is 13.6. The van der Waals surface area contributed by atoms with Crippen molar-refractivity contribution < 1.29 is 14.3 Å². The summed E-state index contributed by atoms with van der Waals surface area (Å²) >= 11 is 2.91. The van der Waals surface area contributed by atoms with Crippen LogP contribution in [-0.2, 0) is 16.1 Å². The Bertz CT molecular complexity index is 2130. The van der Waals surface area contributed by atoms with Crippen molar-refractivity contribution in [2.75, 3.05) is 12.9 Å². The number of nitrogens with zero attached hydrogens (tertiary/aromatic N) is 3. The fourth-order valence-electron chi connectivity index (χ4n) is 5.20. The van der Waals surface area contributed by atoms with Crippen LogP contribution in [0.25, 0.3) is 11.8 Å². The second-order valence-corrected chi connectivity index (χ2v) is 12.3. The molecule has 6 rings (SSSR count).